The lowest BCUT2D eigenvalue weighted by Gasteiger charge is -2.18. The van der Waals surface area contributed by atoms with Crippen LogP contribution in [0.3, 0.4) is 0 Å². The molecule has 1 unspecified atom stereocenters. The molecule has 2 aromatic heterocycles. The molecule has 8 heteroatoms. The molecule has 5 rings (SSSR count). The molecule has 3 aromatic rings. The molecule has 0 radical (unpaired) electrons. The second-order valence-corrected chi connectivity index (χ2v) is 7.54. The van der Waals surface area contributed by atoms with Gasteiger partial charge in [-0.1, -0.05) is 12.2 Å². The van der Waals surface area contributed by atoms with Gasteiger partial charge in [0.1, 0.15) is 5.75 Å². The van der Waals surface area contributed by atoms with Gasteiger partial charge in [0.05, 0.1) is 19.0 Å². The largest absolute Gasteiger partial charge is 0.477 e. The minimum atomic E-state index is -2.86. The minimum Gasteiger partial charge on any atom is -0.477 e. The maximum atomic E-state index is 12.4. The van der Waals surface area contributed by atoms with E-state index >= 15 is 0 Å². The van der Waals surface area contributed by atoms with Crippen molar-refractivity contribution in [1.29, 1.82) is 0 Å². The molecule has 0 aliphatic heterocycles. The van der Waals surface area contributed by atoms with E-state index in [1.165, 1.54) is 25.0 Å². The van der Waals surface area contributed by atoms with Crippen molar-refractivity contribution >= 4 is 5.65 Å². The van der Waals surface area contributed by atoms with Gasteiger partial charge in [-0.3, -0.25) is 4.98 Å². The Morgan fingerprint density at radius 3 is 2.66 bits per heavy atom. The van der Waals surface area contributed by atoms with E-state index in [9.17, 15) is 8.78 Å². The first kappa shape index (κ1) is 18.0. The van der Waals surface area contributed by atoms with Crippen LogP contribution in [-0.2, 0) is 0 Å². The fourth-order valence-corrected chi connectivity index (χ4v) is 4.44. The quantitative estimate of drug-likeness (QED) is 0.553. The van der Waals surface area contributed by atoms with Crippen molar-refractivity contribution in [2.24, 2.45) is 17.8 Å². The molecule has 3 atom stereocenters. The molecule has 1 fully saturated rings. The number of hydrogen-bond donors (Lipinski definition) is 0. The number of nitrogens with zero attached hydrogens (tertiary/aromatic N) is 4. The first-order valence-corrected chi connectivity index (χ1v) is 9.73. The first-order valence-electron chi connectivity index (χ1n) is 9.73. The van der Waals surface area contributed by atoms with E-state index in [0.29, 0.717) is 41.4 Å². The van der Waals surface area contributed by atoms with Crippen LogP contribution in [0, 0.1) is 17.8 Å². The summed E-state index contributed by atoms with van der Waals surface area (Å²) >= 11 is 0. The number of fused-ring (bicyclic) bond motifs is 3. The lowest BCUT2D eigenvalue weighted by molar-refractivity contribution is -0.0498. The fourth-order valence-electron chi connectivity index (χ4n) is 4.44. The third-order valence-electron chi connectivity index (χ3n) is 5.78. The number of allylic oxidation sites excluding steroid dienone is 2. The normalized spacial score (nSPS) is 22.7. The third kappa shape index (κ3) is 3.54. The lowest BCUT2D eigenvalue weighted by atomic mass is 9.91. The number of halogens is 2. The summed E-state index contributed by atoms with van der Waals surface area (Å²) in [4.78, 5) is 4.19. The summed E-state index contributed by atoms with van der Waals surface area (Å²) in [6.07, 6.45) is 11.5. The average Bonchev–Trinajstić information content (AvgIpc) is 3.44. The van der Waals surface area contributed by atoms with E-state index in [2.05, 4.69) is 32.1 Å². The maximum Gasteiger partial charge on any atom is 0.387 e. The summed E-state index contributed by atoms with van der Waals surface area (Å²) in [5.74, 6) is 3.34. The van der Waals surface area contributed by atoms with Gasteiger partial charge < -0.3 is 9.47 Å². The smallest absolute Gasteiger partial charge is 0.387 e. The molecule has 6 nitrogen and oxygen atoms in total. The van der Waals surface area contributed by atoms with Crippen LogP contribution in [0.15, 0.2) is 48.8 Å². The van der Waals surface area contributed by atoms with E-state index in [-0.39, 0.29) is 5.75 Å². The van der Waals surface area contributed by atoms with Crippen LogP contribution in [0.5, 0.6) is 11.6 Å². The van der Waals surface area contributed by atoms with Gasteiger partial charge in [-0.25, -0.2) is 4.40 Å². The van der Waals surface area contributed by atoms with Gasteiger partial charge in [-0.15, -0.1) is 10.2 Å². The summed E-state index contributed by atoms with van der Waals surface area (Å²) in [6, 6.07) is 6.29. The molecule has 2 heterocycles. The molecular weight excluding hydrogens is 378 g/mol. The number of benzene rings is 1. The van der Waals surface area contributed by atoms with Crippen LogP contribution in [-0.4, -0.2) is 32.8 Å². The average molecular weight is 398 g/mol. The first-order chi connectivity index (χ1) is 14.2. The highest BCUT2D eigenvalue weighted by molar-refractivity contribution is 5.61. The summed E-state index contributed by atoms with van der Waals surface area (Å²) in [6.45, 7) is -2.26. The topological polar surface area (TPSA) is 61.5 Å². The highest BCUT2D eigenvalue weighted by atomic mass is 19.3. The fraction of sp³-hybridized carbons (Fsp3) is 0.381. The Morgan fingerprint density at radius 2 is 1.93 bits per heavy atom. The highest BCUT2D eigenvalue weighted by Crippen LogP contribution is 2.44. The van der Waals surface area contributed by atoms with E-state index in [0.717, 1.165) is 12.3 Å². The molecule has 2 bridgehead atoms. The van der Waals surface area contributed by atoms with Crippen LogP contribution >= 0.6 is 0 Å². The number of rotatable bonds is 7. The van der Waals surface area contributed by atoms with Crippen molar-refractivity contribution in [3.63, 3.8) is 0 Å². The van der Waals surface area contributed by atoms with Crippen molar-refractivity contribution in [2.75, 3.05) is 6.61 Å². The standard InChI is InChI=1S/C21H20F2N4O2/c22-21(23)29-17-5-3-14(4-6-17)20-26-25-18-11-24-12-19(27(18)20)28-8-7-16-10-13-1-2-15(16)9-13/h1-6,11-13,15-16,21H,7-10H2/t13-,15+,16?/m0/s1. The SMILES string of the molecule is FC(F)Oc1ccc(-c2nnc3cncc(OCCC4C[C@H]5C=C[C@@H]4C5)n23)cc1. The predicted octanol–water partition coefficient (Wildman–Crippen LogP) is 4.37. The van der Waals surface area contributed by atoms with E-state index in [1.54, 1.807) is 28.9 Å². The van der Waals surface area contributed by atoms with E-state index in [4.69, 9.17) is 4.74 Å². The number of hydrogen-bond acceptors (Lipinski definition) is 5. The predicted molar refractivity (Wildman–Crippen MR) is 102 cm³/mol. The Labute approximate surface area is 166 Å². The zero-order valence-electron chi connectivity index (χ0n) is 15.6. The van der Waals surface area contributed by atoms with Gasteiger partial charge in [0.15, 0.2) is 11.5 Å². The Balaban J connectivity index is 1.34. The molecule has 2 aliphatic carbocycles. The Bertz CT molecular complexity index is 1030. The van der Waals surface area contributed by atoms with Crippen LogP contribution in [0.2, 0.25) is 0 Å². The minimum absolute atomic E-state index is 0.0932. The van der Waals surface area contributed by atoms with Crippen molar-refractivity contribution in [1.82, 2.24) is 19.6 Å². The second-order valence-electron chi connectivity index (χ2n) is 7.54. The summed E-state index contributed by atoms with van der Waals surface area (Å²) in [7, 11) is 0. The maximum absolute atomic E-state index is 12.4. The Morgan fingerprint density at radius 1 is 1.07 bits per heavy atom. The van der Waals surface area contributed by atoms with Gasteiger partial charge in [0, 0.05) is 5.56 Å². The zero-order chi connectivity index (χ0) is 19.8. The number of ether oxygens (including phenoxy) is 2. The van der Waals surface area contributed by atoms with Crippen molar-refractivity contribution < 1.29 is 18.3 Å². The Hall–Kier alpha value is -3.03. The van der Waals surface area contributed by atoms with Crippen LogP contribution in [0.4, 0.5) is 8.78 Å². The van der Waals surface area contributed by atoms with Crippen molar-refractivity contribution in [3.8, 4) is 23.0 Å². The van der Waals surface area contributed by atoms with Gasteiger partial charge in [-0.05, 0) is 61.3 Å². The van der Waals surface area contributed by atoms with Crippen LogP contribution in [0.1, 0.15) is 19.3 Å². The van der Waals surface area contributed by atoms with Gasteiger partial charge >= 0.3 is 6.61 Å². The monoisotopic (exact) mass is 398 g/mol. The molecule has 150 valence electrons. The van der Waals surface area contributed by atoms with Gasteiger partial charge in [0.2, 0.25) is 5.88 Å². The van der Waals surface area contributed by atoms with Crippen LogP contribution in [0.25, 0.3) is 17.0 Å². The van der Waals surface area contributed by atoms with E-state index < -0.39 is 6.61 Å². The number of aromatic nitrogens is 4. The van der Waals surface area contributed by atoms with E-state index in [1.807, 2.05) is 0 Å². The molecule has 1 aromatic carbocycles. The zero-order valence-corrected chi connectivity index (χ0v) is 15.6. The molecule has 0 saturated heterocycles. The Kier molecular flexibility index (Phi) is 4.61. The second kappa shape index (κ2) is 7.42. The van der Waals surface area contributed by atoms with Crippen molar-refractivity contribution in [2.45, 2.75) is 25.9 Å². The highest BCUT2D eigenvalue weighted by Gasteiger charge is 2.35. The molecule has 2 aliphatic rings. The summed E-state index contributed by atoms with van der Waals surface area (Å²) < 4.78 is 37.0. The van der Waals surface area contributed by atoms with Gasteiger partial charge in [0.25, 0.3) is 0 Å². The van der Waals surface area contributed by atoms with Crippen molar-refractivity contribution in [3.05, 3.63) is 48.8 Å². The molecular formula is C21H20F2N4O2. The summed E-state index contributed by atoms with van der Waals surface area (Å²) in [5.41, 5.74) is 1.28. The third-order valence-corrected chi connectivity index (χ3v) is 5.78. The number of alkyl halides is 2. The summed E-state index contributed by atoms with van der Waals surface area (Å²) in [5, 5.41) is 8.38. The van der Waals surface area contributed by atoms with Crippen LogP contribution < -0.4 is 9.47 Å². The molecule has 0 spiro atoms. The molecule has 1 saturated carbocycles. The van der Waals surface area contributed by atoms with Gasteiger partial charge in [-0.2, -0.15) is 8.78 Å². The molecule has 0 N–H and O–H groups in total. The molecule has 0 amide bonds. The molecule has 29 heavy (non-hydrogen) atoms. The lowest BCUT2D eigenvalue weighted by Crippen LogP contribution is -2.12.